The summed E-state index contributed by atoms with van der Waals surface area (Å²) in [4.78, 5) is 0. The molecule has 1 saturated carbocycles. The summed E-state index contributed by atoms with van der Waals surface area (Å²) in [6, 6.07) is -2.37. The highest BCUT2D eigenvalue weighted by Gasteiger charge is 2.50. The zero-order valence-corrected chi connectivity index (χ0v) is 18.0. The third kappa shape index (κ3) is 5.20. The fourth-order valence-corrected chi connectivity index (χ4v) is 4.44. The third-order valence-corrected chi connectivity index (χ3v) is 6.22. The molecule has 0 aromatic carbocycles. The Balaban J connectivity index is 1.69. The maximum Gasteiger partial charge on any atom is 0.215 e. The summed E-state index contributed by atoms with van der Waals surface area (Å²) >= 11 is 0. The quantitative estimate of drug-likeness (QED) is 0.196. The van der Waals surface area contributed by atoms with Crippen molar-refractivity contribution in [2.75, 3.05) is 20.2 Å². The highest BCUT2D eigenvalue weighted by atomic mass is 16.7. The molecule has 3 aliphatic rings. The molecule has 2 aliphatic heterocycles. The maximum atomic E-state index is 11.0. The van der Waals surface area contributed by atoms with Crippen LogP contribution in [0.5, 0.6) is 0 Å². The Labute approximate surface area is 181 Å². The second kappa shape index (κ2) is 9.93. The Morgan fingerprint density at radius 2 is 1.71 bits per heavy atom. The van der Waals surface area contributed by atoms with Gasteiger partial charge in [0.15, 0.2) is 6.29 Å². The van der Waals surface area contributed by atoms with E-state index >= 15 is 0 Å². The van der Waals surface area contributed by atoms with E-state index in [9.17, 15) is 15.3 Å². The fourth-order valence-electron chi connectivity index (χ4n) is 4.44. The van der Waals surface area contributed by atoms with E-state index in [-0.39, 0.29) is 13.2 Å². The van der Waals surface area contributed by atoms with E-state index in [0.717, 1.165) is 0 Å². The molecule has 0 amide bonds. The third-order valence-electron chi connectivity index (χ3n) is 6.22. The van der Waals surface area contributed by atoms with E-state index in [2.05, 4.69) is 5.32 Å². The van der Waals surface area contributed by atoms with Crippen molar-refractivity contribution >= 4 is 0 Å². The summed E-state index contributed by atoms with van der Waals surface area (Å²) < 4.78 is 23.1. The second-order valence-corrected chi connectivity index (χ2v) is 8.81. The standard InChI is InChI=1S/C19H37N5O7/c1-19(27)7-28-18(13(26)16(19)24-2)31-15-11(23)5-10(22)14(12(15)25)30-17-9(21)4-3-8(6-20)29-17/h3,9-18,24-27H,4-7,20-23H2,1-2H3/t9-,10+,11-,12-,13+,14-,15-,16-,17-,18-,19+/m1/s1. The lowest BCUT2D eigenvalue weighted by Gasteiger charge is -2.48. The molecule has 12 N–H and O–H groups in total. The molecular weight excluding hydrogens is 410 g/mol. The van der Waals surface area contributed by atoms with E-state index in [1.807, 2.05) is 0 Å². The monoisotopic (exact) mass is 447 g/mol. The Hall–Kier alpha value is -0.900. The van der Waals surface area contributed by atoms with Gasteiger partial charge in [-0.3, -0.25) is 0 Å². The number of hydrogen-bond donors (Lipinski definition) is 8. The molecule has 12 heteroatoms. The molecule has 0 aromatic heterocycles. The van der Waals surface area contributed by atoms with Gasteiger partial charge < -0.3 is 62.5 Å². The number of ether oxygens (including phenoxy) is 4. The Bertz CT molecular complexity index is 639. The van der Waals surface area contributed by atoms with Crippen LogP contribution in [0.2, 0.25) is 0 Å². The highest BCUT2D eigenvalue weighted by Crippen LogP contribution is 2.31. The van der Waals surface area contributed by atoms with Gasteiger partial charge in [-0.1, -0.05) is 0 Å². The number of likely N-dealkylation sites (N-methyl/N-ethyl adjacent to an activating group) is 1. The molecule has 0 spiro atoms. The summed E-state index contributed by atoms with van der Waals surface area (Å²) in [5.41, 5.74) is 22.9. The van der Waals surface area contributed by atoms with Crippen molar-refractivity contribution in [3.63, 3.8) is 0 Å². The smallest absolute Gasteiger partial charge is 0.215 e. The second-order valence-electron chi connectivity index (χ2n) is 8.81. The van der Waals surface area contributed by atoms with Crippen LogP contribution in [0.3, 0.4) is 0 Å². The molecule has 12 nitrogen and oxygen atoms in total. The molecule has 1 saturated heterocycles. The minimum Gasteiger partial charge on any atom is -0.467 e. The number of aliphatic hydroxyl groups is 3. The van der Waals surface area contributed by atoms with Crippen molar-refractivity contribution in [1.29, 1.82) is 0 Å². The van der Waals surface area contributed by atoms with Gasteiger partial charge >= 0.3 is 0 Å². The predicted molar refractivity (Wildman–Crippen MR) is 110 cm³/mol. The van der Waals surface area contributed by atoms with Gasteiger partial charge in [0, 0.05) is 12.1 Å². The van der Waals surface area contributed by atoms with Crippen LogP contribution in [-0.2, 0) is 18.9 Å². The number of nitrogens with one attached hydrogen (secondary N) is 1. The molecule has 1 aliphatic carbocycles. The van der Waals surface area contributed by atoms with Crippen LogP contribution in [0, 0.1) is 0 Å². The predicted octanol–water partition coefficient (Wildman–Crippen LogP) is -3.85. The van der Waals surface area contributed by atoms with Crippen molar-refractivity contribution in [3.8, 4) is 0 Å². The van der Waals surface area contributed by atoms with E-state index in [0.29, 0.717) is 18.6 Å². The van der Waals surface area contributed by atoms with Crippen LogP contribution in [0.1, 0.15) is 19.8 Å². The van der Waals surface area contributed by atoms with Crippen LogP contribution in [0.25, 0.3) is 0 Å². The summed E-state index contributed by atoms with van der Waals surface area (Å²) in [5.74, 6) is 0.555. The van der Waals surface area contributed by atoms with Gasteiger partial charge in [-0.15, -0.1) is 0 Å². The highest BCUT2D eigenvalue weighted by molar-refractivity contribution is 5.04. The van der Waals surface area contributed by atoms with Crippen molar-refractivity contribution in [1.82, 2.24) is 5.32 Å². The molecule has 0 bridgehead atoms. The zero-order valence-electron chi connectivity index (χ0n) is 18.0. The number of rotatable bonds is 6. The summed E-state index contributed by atoms with van der Waals surface area (Å²) in [7, 11) is 1.62. The van der Waals surface area contributed by atoms with E-state index in [1.54, 1.807) is 20.0 Å². The molecule has 2 fully saturated rings. The molecular formula is C19H37N5O7. The number of hydrogen-bond acceptors (Lipinski definition) is 12. The number of aliphatic hydroxyl groups excluding tert-OH is 2. The maximum absolute atomic E-state index is 11.0. The van der Waals surface area contributed by atoms with Gasteiger partial charge in [-0.05, 0) is 32.9 Å². The zero-order chi connectivity index (χ0) is 22.9. The van der Waals surface area contributed by atoms with Crippen LogP contribution < -0.4 is 28.3 Å². The van der Waals surface area contributed by atoms with Crippen LogP contribution in [0.4, 0.5) is 0 Å². The normalized spacial score (nSPS) is 48.7. The first-order valence-electron chi connectivity index (χ1n) is 10.6. The lowest BCUT2D eigenvalue weighted by Crippen LogP contribution is -2.68. The largest absolute Gasteiger partial charge is 0.467 e. The Morgan fingerprint density at radius 3 is 2.29 bits per heavy atom. The average Bonchev–Trinajstić information content (AvgIpc) is 2.71. The Morgan fingerprint density at radius 1 is 1.10 bits per heavy atom. The average molecular weight is 448 g/mol. The van der Waals surface area contributed by atoms with Gasteiger partial charge in [-0.2, -0.15) is 0 Å². The minimum absolute atomic E-state index is 0.0727. The van der Waals surface area contributed by atoms with Gasteiger partial charge in [0.1, 0.15) is 35.8 Å². The van der Waals surface area contributed by atoms with E-state index in [4.69, 9.17) is 41.9 Å². The van der Waals surface area contributed by atoms with Crippen LogP contribution in [-0.4, -0.2) is 102 Å². The molecule has 11 atom stereocenters. The van der Waals surface area contributed by atoms with Crippen LogP contribution >= 0.6 is 0 Å². The van der Waals surface area contributed by atoms with E-state index in [1.165, 1.54) is 0 Å². The molecule has 0 unspecified atom stereocenters. The summed E-state index contributed by atoms with van der Waals surface area (Å²) in [6.07, 6.45) is -3.56. The fraction of sp³-hybridized carbons (Fsp3) is 0.895. The van der Waals surface area contributed by atoms with Crippen molar-refractivity contribution in [3.05, 3.63) is 11.8 Å². The van der Waals surface area contributed by atoms with Crippen molar-refractivity contribution < 1.29 is 34.3 Å². The summed E-state index contributed by atoms with van der Waals surface area (Å²) in [6.45, 7) is 1.68. The molecule has 31 heavy (non-hydrogen) atoms. The van der Waals surface area contributed by atoms with Crippen LogP contribution in [0.15, 0.2) is 11.8 Å². The first-order chi connectivity index (χ1) is 14.6. The Kier molecular flexibility index (Phi) is 7.92. The lowest BCUT2D eigenvalue weighted by molar-refractivity contribution is -0.303. The van der Waals surface area contributed by atoms with Gasteiger partial charge in [0.25, 0.3) is 0 Å². The van der Waals surface area contributed by atoms with Crippen molar-refractivity contribution in [2.24, 2.45) is 22.9 Å². The van der Waals surface area contributed by atoms with Gasteiger partial charge in [0.2, 0.25) is 6.29 Å². The first-order valence-corrected chi connectivity index (χ1v) is 10.6. The lowest BCUT2D eigenvalue weighted by atomic mass is 9.84. The minimum atomic E-state index is -1.29. The molecule has 0 radical (unpaired) electrons. The van der Waals surface area contributed by atoms with Crippen molar-refractivity contribution in [2.45, 2.75) is 86.5 Å². The topological polar surface area (TPSA) is 214 Å². The SMILES string of the molecule is CN[C@@H]1[C@H](O)[C@@H](O[C@H]2[C@H](O)[C@H](O[C@H]3OC(CN)=CC[C@H]3N)[C@@H](N)C[C@H]2N)OC[C@]1(C)O. The molecule has 2 heterocycles. The van der Waals surface area contributed by atoms with Gasteiger partial charge in [-0.25, -0.2) is 0 Å². The van der Waals surface area contributed by atoms with E-state index < -0.39 is 66.8 Å². The molecule has 3 rings (SSSR count). The van der Waals surface area contributed by atoms with Gasteiger partial charge in [0.05, 0.1) is 25.2 Å². The summed E-state index contributed by atoms with van der Waals surface area (Å²) in [5, 5.41) is 34.9. The number of nitrogens with two attached hydrogens (primary N) is 4. The first kappa shape index (κ1) is 24.7. The molecule has 0 aromatic rings. The molecule has 180 valence electrons.